The van der Waals surface area contributed by atoms with Crippen molar-refractivity contribution in [3.05, 3.63) is 12.2 Å². The predicted octanol–water partition coefficient (Wildman–Crippen LogP) is 2.87. The molecule has 0 unspecified atom stereocenters. The smallest absolute Gasteiger partial charge is 0.0351 e. The average molecular weight is 132 g/mol. The lowest BCUT2D eigenvalue weighted by molar-refractivity contribution is 0.814. The summed E-state index contributed by atoms with van der Waals surface area (Å²) in [4.78, 5) is 0. The molecule has 0 bridgehead atoms. The Morgan fingerprint density at radius 1 is 1.38 bits per heavy atom. The Labute approximate surface area is 59.4 Å². The van der Waals surface area contributed by atoms with Gasteiger partial charge in [0, 0.05) is 0 Å². The van der Waals surface area contributed by atoms with E-state index in [1.807, 2.05) is 0 Å². The molecule has 0 aromatic rings. The molecule has 0 radical (unpaired) electrons. The van der Waals surface area contributed by atoms with Crippen molar-refractivity contribution in [3.63, 3.8) is 0 Å². The van der Waals surface area contributed by atoms with Gasteiger partial charge in [0.1, 0.15) is 0 Å². The van der Waals surface area contributed by atoms with Crippen molar-refractivity contribution < 1.29 is 0 Å². The monoisotopic (exact) mass is 132 g/mol. The van der Waals surface area contributed by atoms with E-state index in [1.165, 1.54) is 19.3 Å². The largest absolute Gasteiger partial charge is 0.197 e. The second kappa shape index (κ2) is 10.1. The van der Waals surface area contributed by atoms with Gasteiger partial charge in [-0.1, -0.05) is 31.9 Å². The van der Waals surface area contributed by atoms with Crippen molar-refractivity contribution in [2.75, 3.05) is 0 Å². The van der Waals surface area contributed by atoms with Gasteiger partial charge in [-0.2, -0.15) is 13.5 Å². The van der Waals surface area contributed by atoms with Crippen molar-refractivity contribution in [3.8, 4) is 0 Å². The molecule has 0 fully saturated rings. The number of hydrogen-bond donors (Lipinski definition) is 0. The topological polar surface area (TPSA) is 0 Å². The zero-order valence-corrected chi connectivity index (χ0v) is 6.78. The quantitative estimate of drug-likeness (QED) is 0.409. The molecule has 0 rings (SSSR count). The van der Waals surface area contributed by atoms with Gasteiger partial charge in [-0.15, -0.1) is 0 Å². The van der Waals surface area contributed by atoms with Gasteiger partial charge in [0.05, 0.1) is 0 Å². The first-order valence-electron chi connectivity index (χ1n) is 3.03. The molecule has 0 saturated heterocycles. The highest BCUT2D eigenvalue weighted by Crippen LogP contribution is 1.93. The maximum Gasteiger partial charge on any atom is -0.0351 e. The van der Waals surface area contributed by atoms with E-state index in [0.29, 0.717) is 0 Å². The van der Waals surface area contributed by atoms with Gasteiger partial charge < -0.3 is 0 Å². The van der Waals surface area contributed by atoms with E-state index in [2.05, 4.69) is 26.0 Å². The summed E-state index contributed by atoms with van der Waals surface area (Å²) >= 11 is 0. The summed E-state index contributed by atoms with van der Waals surface area (Å²) in [6, 6.07) is 0. The van der Waals surface area contributed by atoms with Crippen molar-refractivity contribution in [2.45, 2.75) is 33.1 Å². The molecule has 0 spiro atoms. The highest BCUT2D eigenvalue weighted by Gasteiger charge is 1.73. The van der Waals surface area contributed by atoms with Gasteiger partial charge in [-0.3, -0.25) is 0 Å². The Hall–Kier alpha value is 0.0900. The summed E-state index contributed by atoms with van der Waals surface area (Å²) in [7, 11) is 0. The fraction of sp³-hybridized carbons (Fsp3) is 0.714. The minimum Gasteiger partial charge on any atom is -0.197 e. The summed E-state index contributed by atoms with van der Waals surface area (Å²) in [5.74, 6) is 0. The lowest BCUT2D eigenvalue weighted by atomic mass is 10.2. The van der Waals surface area contributed by atoms with Crippen LogP contribution in [0.15, 0.2) is 12.2 Å². The van der Waals surface area contributed by atoms with Gasteiger partial charge >= 0.3 is 0 Å². The number of allylic oxidation sites excluding steroid dienone is 2. The maximum absolute atomic E-state index is 2.21. The summed E-state index contributed by atoms with van der Waals surface area (Å²) in [5.41, 5.74) is 0. The third-order valence-corrected chi connectivity index (χ3v) is 0.960. The Balaban J connectivity index is 0. The fourth-order valence-electron chi connectivity index (χ4n) is 0.489. The van der Waals surface area contributed by atoms with E-state index >= 15 is 0 Å². The molecule has 0 aromatic carbocycles. The molecule has 0 atom stereocenters. The second-order valence-corrected chi connectivity index (χ2v) is 1.71. The number of unbranched alkanes of at least 4 members (excludes halogenated alkanes) is 2. The molecule has 0 amide bonds. The van der Waals surface area contributed by atoms with Gasteiger partial charge in [-0.25, -0.2) is 0 Å². The van der Waals surface area contributed by atoms with Crippen LogP contribution >= 0.6 is 13.5 Å². The SMILES string of the molecule is C/C=C/CCCC.S. The van der Waals surface area contributed by atoms with Gasteiger partial charge in [0.15, 0.2) is 0 Å². The van der Waals surface area contributed by atoms with Crippen molar-refractivity contribution in [2.24, 2.45) is 0 Å². The summed E-state index contributed by atoms with van der Waals surface area (Å²) < 4.78 is 0. The molecule has 0 aliphatic carbocycles. The molecule has 0 saturated carbocycles. The molecule has 0 nitrogen and oxygen atoms in total. The Bertz CT molecular complexity index is 48.3. The molecule has 50 valence electrons. The van der Waals surface area contributed by atoms with Crippen LogP contribution in [0.25, 0.3) is 0 Å². The van der Waals surface area contributed by atoms with E-state index in [4.69, 9.17) is 0 Å². The summed E-state index contributed by atoms with van der Waals surface area (Å²) in [6.07, 6.45) is 8.22. The standard InChI is InChI=1S/C7H14.H2S/c1-3-5-7-6-4-2;/h3,5H,4,6-7H2,1-2H3;1H2/b5-3+;. The van der Waals surface area contributed by atoms with E-state index in [0.717, 1.165) is 0 Å². The van der Waals surface area contributed by atoms with Crippen molar-refractivity contribution >= 4 is 13.5 Å². The molecule has 0 N–H and O–H groups in total. The first-order chi connectivity index (χ1) is 3.41. The molecular formula is C7H16S. The average Bonchev–Trinajstić information content (AvgIpc) is 1.69. The van der Waals surface area contributed by atoms with Crippen LogP contribution in [0.3, 0.4) is 0 Å². The minimum absolute atomic E-state index is 0. The summed E-state index contributed by atoms with van der Waals surface area (Å²) in [5, 5.41) is 0. The lowest BCUT2D eigenvalue weighted by Gasteiger charge is -1.83. The van der Waals surface area contributed by atoms with Crippen LogP contribution in [0.4, 0.5) is 0 Å². The normalized spacial score (nSPS) is 9.25. The van der Waals surface area contributed by atoms with E-state index in [9.17, 15) is 0 Å². The Morgan fingerprint density at radius 3 is 2.38 bits per heavy atom. The highest BCUT2D eigenvalue weighted by molar-refractivity contribution is 7.59. The van der Waals surface area contributed by atoms with Crippen LogP contribution in [0, 0.1) is 0 Å². The van der Waals surface area contributed by atoms with Crippen LogP contribution in [-0.4, -0.2) is 0 Å². The number of hydrogen-bond acceptors (Lipinski definition) is 0. The summed E-state index contributed by atoms with van der Waals surface area (Å²) in [6.45, 7) is 4.28. The molecule has 0 aliphatic rings. The van der Waals surface area contributed by atoms with E-state index in [-0.39, 0.29) is 13.5 Å². The first kappa shape index (κ1) is 11.0. The second-order valence-electron chi connectivity index (χ2n) is 1.71. The third-order valence-electron chi connectivity index (χ3n) is 0.960. The Kier molecular flexibility index (Phi) is 13.9. The van der Waals surface area contributed by atoms with Crippen LogP contribution in [-0.2, 0) is 0 Å². The van der Waals surface area contributed by atoms with E-state index in [1.54, 1.807) is 0 Å². The molecule has 0 aliphatic heterocycles. The highest BCUT2D eigenvalue weighted by atomic mass is 32.1. The van der Waals surface area contributed by atoms with Crippen LogP contribution in [0.5, 0.6) is 0 Å². The van der Waals surface area contributed by atoms with E-state index < -0.39 is 0 Å². The molecule has 8 heavy (non-hydrogen) atoms. The van der Waals surface area contributed by atoms with Crippen molar-refractivity contribution in [1.29, 1.82) is 0 Å². The number of rotatable bonds is 3. The molecule has 1 heteroatoms. The molecular weight excluding hydrogens is 116 g/mol. The van der Waals surface area contributed by atoms with Gasteiger partial charge in [0.25, 0.3) is 0 Å². The third kappa shape index (κ3) is 9.43. The maximum atomic E-state index is 2.21. The molecule has 0 aromatic heterocycles. The first-order valence-corrected chi connectivity index (χ1v) is 3.03. The zero-order chi connectivity index (χ0) is 5.54. The zero-order valence-electron chi connectivity index (χ0n) is 5.78. The lowest BCUT2D eigenvalue weighted by Crippen LogP contribution is -1.63. The molecule has 0 heterocycles. The van der Waals surface area contributed by atoms with Crippen LogP contribution in [0.1, 0.15) is 33.1 Å². The predicted molar refractivity (Wildman–Crippen MR) is 44.7 cm³/mol. The van der Waals surface area contributed by atoms with Crippen molar-refractivity contribution in [1.82, 2.24) is 0 Å². The minimum atomic E-state index is 0. The van der Waals surface area contributed by atoms with Gasteiger partial charge in [-0.05, 0) is 13.3 Å². The fourth-order valence-corrected chi connectivity index (χ4v) is 0.489. The van der Waals surface area contributed by atoms with Crippen LogP contribution < -0.4 is 0 Å². The Morgan fingerprint density at radius 2 is 2.00 bits per heavy atom. The van der Waals surface area contributed by atoms with Gasteiger partial charge in [0.2, 0.25) is 0 Å². The van der Waals surface area contributed by atoms with Crippen LogP contribution in [0.2, 0.25) is 0 Å².